The van der Waals surface area contributed by atoms with E-state index in [0.29, 0.717) is 0 Å². The van der Waals surface area contributed by atoms with Crippen molar-refractivity contribution in [3.63, 3.8) is 0 Å². The van der Waals surface area contributed by atoms with Crippen LogP contribution in [0.25, 0.3) is 10.2 Å². The first kappa shape index (κ1) is 15.1. The second-order valence-electron chi connectivity index (χ2n) is 7.80. The lowest BCUT2D eigenvalue weighted by Crippen LogP contribution is -2.38. The highest BCUT2D eigenvalue weighted by molar-refractivity contribution is 7.19. The van der Waals surface area contributed by atoms with Gasteiger partial charge in [-0.25, -0.2) is 9.97 Å². The van der Waals surface area contributed by atoms with Gasteiger partial charge < -0.3 is 4.90 Å². The van der Waals surface area contributed by atoms with Crippen molar-refractivity contribution in [1.82, 2.24) is 14.9 Å². The van der Waals surface area contributed by atoms with Crippen LogP contribution in [-0.4, -0.2) is 41.0 Å². The van der Waals surface area contributed by atoms with E-state index in [1.165, 1.54) is 67.6 Å². The second kappa shape index (κ2) is 5.95. The molecule has 0 aromatic carbocycles. The number of hydrogen-bond acceptors (Lipinski definition) is 5. The Morgan fingerprint density at radius 1 is 1.04 bits per heavy atom. The van der Waals surface area contributed by atoms with Gasteiger partial charge in [-0.3, -0.25) is 4.90 Å². The Balaban J connectivity index is 1.50. The average molecular weight is 343 g/mol. The molecule has 0 bridgehead atoms. The summed E-state index contributed by atoms with van der Waals surface area (Å²) in [5.41, 5.74) is 1.57. The minimum Gasteiger partial charge on any atom is -0.356 e. The number of aryl methyl sites for hydroxylation is 2. The third kappa shape index (κ3) is 2.53. The van der Waals surface area contributed by atoms with Gasteiger partial charge in [-0.2, -0.15) is 0 Å². The number of piperidine rings is 1. The molecule has 2 saturated heterocycles. The SMILES string of the molecule is CC1CCN(Cc2nc(N3CCC3)c3c4c(sc3n2)CCC4)CC1. The van der Waals surface area contributed by atoms with E-state index in [9.17, 15) is 0 Å². The van der Waals surface area contributed by atoms with Crippen molar-refractivity contribution in [2.75, 3.05) is 31.1 Å². The van der Waals surface area contributed by atoms with Gasteiger partial charge in [0.15, 0.2) is 0 Å². The number of hydrogen-bond donors (Lipinski definition) is 0. The van der Waals surface area contributed by atoms with Crippen LogP contribution in [0, 0.1) is 5.92 Å². The fourth-order valence-electron chi connectivity index (χ4n) is 4.27. The molecule has 2 aliphatic heterocycles. The quantitative estimate of drug-likeness (QED) is 0.853. The summed E-state index contributed by atoms with van der Waals surface area (Å²) in [5.74, 6) is 3.16. The molecule has 2 fully saturated rings. The zero-order chi connectivity index (χ0) is 16.1. The first-order valence-electron chi connectivity index (χ1n) is 9.56. The van der Waals surface area contributed by atoms with E-state index in [1.807, 2.05) is 11.3 Å². The van der Waals surface area contributed by atoms with E-state index >= 15 is 0 Å². The van der Waals surface area contributed by atoms with Crippen molar-refractivity contribution in [2.45, 2.75) is 52.0 Å². The largest absolute Gasteiger partial charge is 0.356 e. The number of aromatic nitrogens is 2. The van der Waals surface area contributed by atoms with Crippen molar-refractivity contribution in [1.29, 1.82) is 0 Å². The molecule has 5 heteroatoms. The van der Waals surface area contributed by atoms with Crippen molar-refractivity contribution < 1.29 is 0 Å². The molecule has 0 spiro atoms. The summed E-state index contributed by atoms with van der Waals surface area (Å²) in [6.45, 7) is 8.01. The molecule has 5 rings (SSSR count). The number of likely N-dealkylation sites (tertiary alicyclic amines) is 1. The molecule has 2 aromatic rings. The highest BCUT2D eigenvalue weighted by Gasteiger charge is 2.27. The van der Waals surface area contributed by atoms with Crippen molar-refractivity contribution in [3.8, 4) is 0 Å². The Labute approximate surface area is 147 Å². The Bertz CT molecular complexity index is 756. The number of nitrogens with zero attached hydrogens (tertiary/aromatic N) is 4. The normalized spacial score (nSPS) is 22.1. The molecular weight excluding hydrogens is 316 g/mol. The molecule has 1 aliphatic carbocycles. The molecule has 3 aliphatic rings. The van der Waals surface area contributed by atoms with Crippen LogP contribution in [0.5, 0.6) is 0 Å². The van der Waals surface area contributed by atoms with Crippen LogP contribution in [0.15, 0.2) is 0 Å². The lowest BCUT2D eigenvalue weighted by Gasteiger charge is -2.33. The standard InChI is InChI=1S/C19H26N4S/c1-13-6-10-22(11-7-13)12-16-20-18(23-8-3-9-23)17-14-4-2-5-15(14)24-19(17)21-16/h13H,2-12H2,1H3. The van der Waals surface area contributed by atoms with Gasteiger partial charge in [-0.1, -0.05) is 6.92 Å². The Morgan fingerprint density at radius 3 is 2.62 bits per heavy atom. The van der Waals surface area contributed by atoms with Gasteiger partial charge in [-0.05, 0) is 63.1 Å². The van der Waals surface area contributed by atoms with Crippen LogP contribution in [0.1, 0.15) is 48.9 Å². The molecular formula is C19H26N4S. The minimum absolute atomic E-state index is 0.876. The van der Waals surface area contributed by atoms with Crippen LogP contribution in [0.3, 0.4) is 0 Å². The highest BCUT2D eigenvalue weighted by Crippen LogP contribution is 2.41. The lowest BCUT2D eigenvalue weighted by atomic mass is 9.99. The van der Waals surface area contributed by atoms with Crippen molar-refractivity contribution >= 4 is 27.4 Å². The van der Waals surface area contributed by atoms with Crippen LogP contribution < -0.4 is 4.90 Å². The molecule has 0 amide bonds. The molecule has 0 atom stereocenters. The smallest absolute Gasteiger partial charge is 0.146 e. The van der Waals surface area contributed by atoms with Gasteiger partial charge in [-0.15, -0.1) is 11.3 Å². The third-order valence-electron chi connectivity index (χ3n) is 5.99. The summed E-state index contributed by atoms with van der Waals surface area (Å²) in [7, 11) is 0. The number of rotatable bonds is 3. The first-order chi connectivity index (χ1) is 11.8. The fraction of sp³-hybridized carbons (Fsp3) is 0.684. The Morgan fingerprint density at radius 2 is 1.88 bits per heavy atom. The zero-order valence-electron chi connectivity index (χ0n) is 14.6. The molecule has 24 heavy (non-hydrogen) atoms. The van der Waals surface area contributed by atoms with E-state index < -0.39 is 0 Å². The number of thiophene rings is 1. The van der Waals surface area contributed by atoms with Gasteiger partial charge in [0.2, 0.25) is 0 Å². The monoisotopic (exact) mass is 342 g/mol. The second-order valence-corrected chi connectivity index (χ2v) is 8.88. The summed E-state index contributed by atoms with van der Waals surface area (Å²) in [6.07, 6.45) is 7.71. The number of anilines is 1. The summed E-state index contributed by atoms with van der Waals surface area (Å²) in [5, 5.41) is 1.39. The topological polar surface area (TPSA) is 32.3 Å². The van der Waals surface area contributed by atoms with Gasteiger partial charge in [0, 0.05) is 18.0 Å². The van der Waals surface area contributed by atoms with Crippen molar-refractivity contribution in [3.05, 3.63) is 16.3 Å². The van der Waals surface area contributed by atoms with E-state index in [-0.39, 0.29) is 0 Å². The van der Waals surface area contributed by atoms with E-state index in [2.05, 4.69) is 16.7 Å². The molecule has 4 heterocycles. The maximum Gasteiger partial charge on any atom is 0.146 e. The predicted molar refractivity (Wildman–Crippen MR) is 99.9 cm³/mol. The van der Waals surface area contributed by atoms with Crippen LogP contribution in [-0.2, 0) is 19.4 Å². The zero-order valence-corrected chi connectivity index (χ0v) is 15.4. The summed E-state index contributed by atoms with van der Waals surface area (Å²) in [4.78, 5) is 17.9. The van der Waals surface area contributed by atoms with Crippen LogP contribution in [0.2, 0.25) is 0 Å². The van der Waals surface area contributed by atoms with Gasteiger partial charge in [0.25, 0.3) is 0 Å². The molecule has 0 unspecified atom stereocenters. The molecule has 4 nitrogen and oxygen atoms in total. The molecule has 128 valence electrons. The third-order valence-corrected chi connectivity index (χ3v) is 7.17. The van der Waals surface area contributed by atoms with Crippen molar-refractivity contribution in [2.24, 2.45) is 5.92 Å². The minimum atomic E-state index is 0.876. The van der Waals surface area contributed by atoms with Gasteiger partial charge in [0.1, 0.15) is 16.5 Å². The maximum absolute atomic E-state index is 5.07. The van der Waals surface area contributed by atoms with Crippen LogP contribution >= 0.6 is 11.3 Å². The van der Waals surface area contributed by atoms with Gasteiger partial charge in [0.05, 0.1) is 11.9 Å². The Kier molecular flexibility index (Phi) is 3.74. The molecule has 0 radical (unpaired) electrons. The van der Waals surface area contributed by atoms with E-state index in [4.69, 9.17) is 9.97 Å². The van der Waals surface area contributed by atoms with E-state index in [0.717, 1.165) is 31.4 Å². The van der Waals surface area contributed by atoms with E-state index in [1.54, 1.807) is 10.4 Å². The summed E-state index contributed by atoms with van der Waals surface area (Å²) < 4.78 is 0. The average Bonchev–Trinajstić information content (AvgIpc) is 3.08. The molecule has 0 N–H and O–H groups in total. The summed E-state index contributed by atoms with van der Waals surface area (Å²) in [6, 6.07) is 0. The first-order valence-corrected chi connectivity index (χ1v) is 10.4. The van der Waals surface area contributed by atoms with Crippen LogP contribution in [0.4, 0.5) is 5.82 Å². The molecule has 2 aromatic heterocycles. The molecule has 0 saturated carbocycles. The highest BCUT2D eigenvalue weighted by atomic mass is 32.1. The number of fused-ring (bicyclic) bond motifs is 3. The van der Waals surface area contributed by atoms with Gasteiger partial charge >= 0.3 is 0 Å². The summed E-state index contributed by atoms with van der Waals surface area (Å²) >= 11 is 1.93. The lowest BCUT2D eigenvalue weighted by molar-refractivity contribution is 0.181. The Hall–Kier alpha value is -1.20. The predicted octanol–water partition coefficient (Wildman–Crippen LogP) is 3.62. The fourth-order valence-corrected chi connectivity index (χ4v) is 5.54. The maximum atomic E-state index is 5.07.